The van der Waals surface area contributed by atoms with Crippen LogP contribution in [-0.4, -0.2) is 11.9 Å². The Balaban J connectivity index is 1.29. The quantitative estimate of drug-likeness (QED) is 0.735. The van der Waals surface area contributed by atoms with Gasteiger partial charge in [0.25, 0.3) is 5.91 Å². The molecule has 0 aromatic carbocycles. The van der Waals surface area contributed by atoms with E-state index in [1.165, 1.54) is 49.0 Å². The Bertz CT molecular complexity index is 684. The van der Waals surface area contributed by atoms with Gasteiger partial charge in [-0.1, -0.05) is 20.8 Å². The molecular formula is C23H33NOS. The number of rotatable bonds is 2. The van der Waals surface area contributed by atoms with Gasteiger partial charge in [0.1, 0.15) is 0 Å². The summed E-state index contributed by atoms with van der Waals surface area (Å²) in [6.45, 7) is 7.07. The number of hydrogen-bond donors (Lipinski definition) is 1. The smallest absolute Gasteiger partial charge is 0.261 e. The van der Waals surface area contributed by atoms with Gasteiger partial charge in [-0.25, -0.2) is 0 Å². The summed E-state index contributed by atoms with van der Waals surface area (Å²) in [6.07, 6.45) is 10.5. The molecule has 0 radical (unpaired) electrons. The topological polar surface area (TPSA) is 29.1 Å². The zero-order valence-corrected chi connectivity index (χ0v) is 17.3. The lowest BCUT2D eigenvalue weighted by Crippen LogP contribution is -2.55. The van der Waals surface area contributed by atoms with Crippen molar-refractivity contribution in [3.8, 4) is 0 Å². The number of nitrogens with one attached hydrogen (secondary N) is 1. The zero-order chi connectivity index (χ0) is 18.1. The molecular weight excluding hydrogens is 338 g/mol. The van der Waals surface area contributed by atoms with Gasteiger partial charge >= 0.3 is 0 Å². The van der Waals surface area contributed by atoms with Crippen LogP contribution in [0.5, 0.6) is 0 Å². The van der Waals surface area contributed by atoms with Crippen molar-refractivity contribution in [2.75, 3.05) is 0 Å². The molecule has 5 aliphatic rings. The van der Waals surface area contributed by atoms with Gasteiger partial charge in [0.15, 0.2) is 0 Å². The predicted molar refractivity (Wildman–Crippen MR) is 108 cm³/mol. The minimum Gasteiger partial charge on any atom is -0.348 e. The van der Waals surface area contributed by atoms with E-state index >= 15 is 0 Å². The van der Waals surface area contributed by atoms with Crippen LogP contribution in [0.1, 0.15) is 79.4 Å². The maximum absolute atomic E-state index is 13.0. The Kier molecular flexibility index (Phi) is 4.05. The van der Waals surface area contributed by atoms with Gasteiger partial charge < -0.3 is 5.32 Å². The first-order valence-corrected chi connectivity index (χ1v) is 11.6. The summed E-state index contributed by atoms with van der Waals surface area (Å²) < 4.78 is 0. The highest BCUT2D eigenvalue weighted by atomic mass is 32.1. The second kappa shape index (κ2) is 6.09. The molecule has 1 N–H and O–H groups in total. The number of fused-ring (bicyclic) bond motifs is 1. The summed E-state index contributed by atoms with van der Waals surface area (Å²) in [6, 6.07) is 2.68. The summed E-state index contributed by atoms with van der Waals surface area (Å²) in [5, 5.41) is 3.50. The van der Waals surface area contributed by atoms with E-state index in [0.717, 1.165) is 47.3 Å². The molecule has 0 saturated heterocycles. The fourth-order valence-corrected chi connectivity index (χ4v) is 7.87. The Morgan fingerprint density at radius 1 is 1.08 bits per heavy atom. The summed E-state index contributed by atoms with van der Waals surface area (Å²) >= 11 is 1.77. The first-order valence-electron chi connectivity index (χ1n) is 10.8. The largest absolute Gasteiger partial charge is 0.348 e. The summed E-state index contributed by atoms with van der Waals surface area (Å²) in [5.74, 6) is 4.41. The van der Waals surface area contributed by atoms with Crippen molar-refractivity contribution in [1.82, 2.24) is 5.32 Å². The monoisotopic (exact) mass is 371 g/mol. The van der Waals surface area contributed by atoms with Gasteiger partial charge in [0, 0.05) is 10.9 Å². The van der Waals surface area contributed by atoms with Gasteiger partial charge in [-0.15, -0.1) is 11.3 Å². The molecule has 6 rings (SSSR count). The van der Waals surface area contributed by atoms with Crippen LogP contribution in [0.2, 0.25) is 0 Å². The molecule has 1 aromatic rings. The molecule has 4 saturated carbocycles. The normalized spacial score (nSPS) is 38.3. The van der Waals surface area contributed by atoms with Crippen molar-refractivity contribution in [3.05, 3.63) is 21.4 Å². The van der Waals surface area contributed by atoms with Crippen LogP contribution in [0.25, 0.3) is 0 Å². The molecule has 5 aliphatic carbocycles. The highest BCUT2D eigenvalue weighted by Crippen LogP contribution is 2.53. The van der Waals surface area contributed by atoms with E-state index in [1.54, 1.807) is 11.3 Å². The maximum atomic E-state index is 13.0. The third kappa shape index (κ3) is 2.95. The Morgan fingerprint density at radius 2 is 1.73 bits per heavy atom. The third-order valence-corrected chi connectivity index (χ3v) is 9.29. The van der Waals surface area contributed by atoms with Crippen molar-refractivity contribution < 1.29 is 4.79 Å². The molecule has 4 fully saturated rings. The number of hydrogen-bond acceptors (Lipinski definition) is 2. The maximum Gasteiger partial charge on any atom is 0.261 e. The standard InChI is InChI=1S/C23H33NOS/c1-23(2,3)18-4-5-19-15(11-18)12-20(26-19)22(25)24-21-16-7-13-6-14(9-16)10-17(21)8-13/h12-14,16-18,21H,4-11H2,1-3H3,(H,24,25). The van der Waals surface area contributed by atoms with Crippen molar-refractivity contribution in [2.24, 2.45) is 35.0 Å². The second-order valence-corrected chi connectivity index (χ2v) is 11.9. The van der Waals surface area contributed by atoms with Crippen LogP contribution < -0.4 is 5.32 Å². The van der Waals surface area contributed by atoms with Gasteiger partial charge in [-0.05, 0) is 98.0 Å². The summed E-state index contributed by atoms with van der Waals surface area (Å²) in [5.41, 5.74) is 1.82. The highest BCUT2D eigenvalue weighted by Gasteiger charge is 2.48. The first kappa shape index (κ1) is 17.3. The molecule has 1 heterocycles. The van der Waals surface area contributed by atoms with Crippen molar-refractivity contribution in [2.45, 2.75) is 78.2 Å². The minimum atomic E-state index is 0.217. The number of thiophene rings is 1. The molecule has 0 spiro atoms. The molecule has 3 heteroatoms. The van der Waals surface area contributed by atoms with Gasteiger partial charge in [-0.2, -0.15) is 0 Å². The van der Waals surface area contributed by atoms with E-state index in [4.69, 9.17) is 0 Å². The van der Waals surface area contributed by atoms with Crippen molar-refractivity contribution in [3.63, 3.8) is 0 Å². The Morgan fingerprint density at radius 3 is 2.35 bits per heavy atom. The van der Waals surface area contributed by atoms with Gasteiger partial charge in [-0.3, -0.25) is 4.79 Å². The van der Waals surface area contributed by atoms with Gasteiger partial charge in [0.05, 0.1) is 4.88 Å². The van der Waals surface area contributed by atoms with Crippen LogP contribution in [0, 0.1) is 35.0 Å². The molecule has 4 bridgehead atoms. The molecule has 1 atom stereocenters. The van der Waals surface area contributed by atoms with E-state index in [0.29, 0.717) is 11.5 Å². The fraction of sp³-hybridized carbons (Fsp3) is 0.783. The highest BCUT2D eigenvalue weighted by molar-refractivity contribution is 7.14. The lowest BCUT2D eigenvalue weighted by molar-refractivity contribution is -0.0119. The Hall–Kier alpha value is -0.830. The predicted octanol–water partition coefficient (Wildman–Crippen LogP) is 5.45. The molecule has 1 unspecified atom stereocenters. The van der Waals surface area contributed by atoms with Crippen molar-refractivity contribution in [1.29, 1.82) is 0 Å². The van der Waals surface area contributed by atoms with E-state index < -0.39 is 0 Å². The number of carbonyl (C=O) groups excluding carboxylic acids is 1. The van der Waals surface area contributed by atoms with Crippen LogP contribution in [0.15, 0.2) is 6.07 Å². The Labute approximate surface area is 162 Å². The third-order valence-electron chi connectivity index (χ3n) is 8.06. The van der Waals surface area contributed by atoms with E-state index in [1.807, 2.05) is 0 Å². The SMILES string of the molecule is CC(C)(C)C1CCc2sc(C(=O)NC3C4CC5CC(C4)CC3C5)cc2C1. The molecule has 1 aromatic heterocycles. The fourth-order valence-electron chi connectivity index (χ4n) is 6.76. The average Bonchev–Trinajstić information content (AvgIpc) is 3.00. The second-order valence-electron chi connectivity index (χ2n) is 10.8. The lowest BCUT2D eigenvalue weighted by Gasteiger charge is -2.54. The van der Waals surface area contributed by atoms with E-state index in [-0.39, 0.29) is 5.91 Å². The minimum absolute atomic E-state index is 0.217. The zero-order valence-electron chi connectivity index (χ0n) is 16.5. The summed E-state index contributed by atoms with van der Waals surface area (Å²) in [4.78, 5) is 15.5. The lowest BCUT2D eigenvalue weighted by atomic mass is 9.54. The first-order chi connectivity index (χ1) is 12.4. The van der Waals surface area contributed by atoms with Crippen LogP contribution in [-0.2, 0) is 12.8 Å². The van der Waals surface area contributed by atoms with Crippen molar-refractivity contribution >= 4 is 17.2 Å². The van der Waals surface area contributed by atoms with E-state index in [2.05, 4.69) is 32.2 Å². The molecule has 142 valence electrons. The van der Waals surface area contributed by atoms with Crippen LogP contribution in [0.3, 0.4) is 0 Å². The van der Waals surface area contributed by atoms with Gasteiger partial charge in [0.2, 0.25) is 0 Å². The molecule has 26 heavy (non-hydrogen) atoms. The van der Waals surface area contributed by atoms with Crippen LogP contribution >= 0.6 is 11.3 Å². The number of amides is 1. The molecule has 2 nitrogen and oxygen atoms in total. The van der Waals surface area contributed by atoms with E-state index in [9.17, 15) is 4.79 Å². The molecule has 1 amide bonds. The average molecular weight is 372 g/mol. The summed E-state index contributed by atoms with van der Waals surface area (Å²) in [7, 11) is 0. The number of aryl methyl sites for hydroxylation is 1. The van der Waals surface area contributed by atoms with Crippen LogP contribution in [0.4, 0.5) is 0 Å². The number of carbonyl (C=O) groups is 1. The molecule has 0 aliphatic heterocycles.